The molecule has 1 aromatic carbocycles. The number of hydrogen-bond acceptors (Lipinski definition) is 2. The number of ketones is 1. The van der Waals surface area contributed by atoms with Crippen LogP contribution in [0.3, 0.4) is 0 Å². The van der Waals surface area contributed by atoms with Gasteiger partial charge < -0.3 is 5.11 Å². The van der Waals surface area contributed by atoms with E-state index in [1.807, 2.05) is 27.7 Å². The van der Waals surface area contributed by atoms with Crippen molar-refractivity contribution in [1.82, 2.24) is 0 Å². The Kier molecular flexibility index (Phi) is 5.24. The molecule has 1 N–H and O–H groups in total. The molecule has 0 aromatic heterocycles. The molecule has 0 spiro atoms. The zero-order valence-electron chi connectivity index (χ0n) is 12.1. The van der Waals surface area contributed by atoms with Gasteiger partial charge in [0.25, 0.3) is 0 Å². The van der Waals surface area contributed by atoms with Gasteiger partial charge in [0.2, 0.25) is 0 Å². The van der Waals surface area contributed by atoms with Crippen molar-refractivity contribution >= 4 is 5.78 Å². The van der Waals surface area contributed by atoms with Crippen LogP contribution in [-0.4, -0.2) is 17.0 Å². The Balaban J connectivity index is 2.92. The third kappa shape index (κ3) is 4.43. The summed E-state index contributed by atoms with van der Waals surface area (Å²) in [7, 11) is 0. The summed E-state index contributed by atoms with van der Waals surface area (Å²) in [5, 5.41) is 10.1. The zero-order valence-corrected chi connectivity index (χ0v) is 12.1. The van der Waals surface area contributed by atoms with Crippen LogP contribution in [0, 0.1) is 17.2 Å². The zero-order chi connectivity index (χ0) is 14.6. The number of halogens is 1. The molecule has 0 saturated carbocycles. The van der Waals surface area contributed by atoms with E-state index in [1.54, 1.807) is 12.1 Å². The highest BCUT2D eigenvalue weighted by Gasteiger charge is 2.33. The Labute approximate surface area is 114 Å². The monoisotopic (exact) mass is 266 g/mol. The minimum absolute atomic E-state index is 0.0474. The van der Waals surface area contributed by atoms with Gasteiger partial charge in [0.05, 0.1) is 6.10 Å². The van der Waals surface area contributed by atoms with E-state index in [2.05, 4.69) is 0 Å². The number of aliphatic hydroxyl groups is 1. The fraction of sp³-hybridized carbons (Fsp3) is 0.562. The normalized spacial score (nSPS) is 15.1. The van der Waals surface area contributed by atoms with Crippen molar-refractivity contribution in [2.45, 2.75) is 46.6 Å². The van der Waals surface area contributed by atoms with Gasteiger partial charge in [0, 0.05) is 11.3 Å². The van der Waals surface area contributed by atoms with Crippen LogP contribution in [0.25, 0.3) is 0 Å². The summed E-state index contributed by atoms with van der Waals surface area (Å²) in [6.07, 6.45) is 0.329. The van der Waals surface area contributed by atoms with E-state index < -0.39 is 17.4 Å². The van der Waals surface area contributed by atoms with Gasteiger partial charge in [-0.2, -0.15) is 0 Å². The molecular weight excluding hydrogens is 243 g/mol. The van der Waals surface area contributed by atoms with E-state index in [0.29, 0.717) is 12.8 Å². The molecule has 3 heteroatoms. The molecule has 0 aliphatic heterocycles. The van der Waals surface area contributed by atoms with Crippen LogP contribution in [0.5, 0.6) is 0 Å². The molecule has 2 nitrogen and oxygen atoms in total. The molecule has 1 aromatic rings. The maximum Gasteiger partial charge on any atom is 0.144 e. The lowest BCUT2D eigenvalue weighted by Crippen LogP contribution is -2.37. The topological polar surface area (TPSA) is 37.3 Å². The molecule has 106 valence electrons. The van der Waals surface area contributed by atoms with Crippen LogP contribution in [0.2, 0.25) is 0 Å². The second-order valence-corrected chi connectivity index (χ2v) is 6.03. The number of hydrogen-bond donors (Lipinski definition) is 1. The summed E-state index contributed by atoms with van der Waals surface area (Å²) in [5.74, 6) is -0.680. The summed E-state index contributed by atoms with van der Waals surface area (Å²) in [6.45, 7) is 7.43. The van der Waals surface area contributed by atoms with Gasteiger partial charge >= 0.3 is 0 Å². The highest BCUT2D eigenvalue weighted by Crippen LogP contribution is 2.26. The predicted molar refractivity (Wildman–Crippen MR) is 74.4 cm³/mol. The van der Waals surface area contributed by atoms with Crippen LogP contribution in [0.4, 0.5) is 4.39 Å². The smallest absolute Gasteiger partial charge is 0.144 e. The number of carbonyl (C=O) groups excluding carboxylic acids is 1. The minimum Gasteiger partial charge on any atom is -0.392 e. The Hall–Kier alpha value is -1.22. The molecular formula is C16H23FO2. The number of aliphatic hydroxyl groups excluding tert-OH is 1. The van der Waals surface area contributed by atoms with Gasteiger partial charge in [-0.25, -0.2) is 4.39 Å². The molecule has 0 saturated heterocycles. The largest absolute Gasteiger partial charge is 0.392 e. The van der Waals surface area contributed by atoms with Gasteiger partial charge in [-0.05, 0) is 30.5 Å². The van der Waals surface area contributed by atoms with Crippen LogP contribution >= 0.6 is 0 Å². The number of rotatable bonds is 5. The predicted octanol–water partition coefficient (Wildman–Crippen LogP) is 3.37. The average Bonchev–Trinajstić information content (AvgIpc) is 2.35. The number of Topliss-reactive ketones (excluding diaryl/α,β-unsaturated/α-hetero) is 1. The van der Waals surface area contributed by atoms with Crippen LogP contribution < -0.4 is 0 Å². The van der Waals surface area contributed by atoms with Gasteiger partial charge in [-0.15, -0.1) is 0 Å². The minimum atomic E-state index is -0.656. The van der Waals surface area contributed by atoms with Gasteiger partial charge in [-0.1, -0.05) is 39.8 Å². The van der Waals surface area contributed by atoms with Crippen molar-refractivity contribution in [2.24, 2.45) is 11.3 Å². The van der Waals surface area contributed by atoms with Gasteiger partial charge in [0.1, 0.15) is 11.6 Å². The summed E-state index contributed by atoms with van der Waals surface area (Å²) >= 11 is 0. The second-order valence-electron chi connectivity index (χ2n) is 6.03. The third-order valence-corrected chi connectivity index (χ3v) is 3.33. The van der Waals surface area contributed by atoms with Crippen LogP contribution in [0.15, 0.2) is 24.3 Å². The van der Waals surface area contributed by atoms with Gasteiger partial charge in [0.15, 0.2) is 0 Å². The van der Waals surface area contributed by atoms with Crippen molar-refractivity contribution in [3.05, 3.63) is 35.6 Å². The highest BCUT2D eigenvalue weighted by atomic mass is 19.1. The first-order valence-electron chi connectivity index (χ1n) is 6.72. The lowest BCUT2D eigenvalue weighted by molar-refractivity contribution is -0.134. The van der Waals surface area contributed by atoms with E-state index in [9.17, 15) is 14.3 Å². The Morgan fingerprint density at radius 1 is 1.26 bits per heavy atom. The molecule has 0 aliphatic rings. The van der Waals surface area contributed by atoms with E-state index in [4.69, 9.17) is 0 Å². The number of carbonyl (C=O) groups is 1. The lowest BCUT2D eigenvalue weighted by atomic mass is 9.77. The first-order valence-corrected chi connectivity index (χ1v) is 6.72. The van der Waals surface area contributed by atoms with Crippen LogP contribution in [-0.2, 0) is 11.2 Å². The quantitative estimate of drug-likeness (QED) is 0.887. The number of benzene rings is 1. The van der Waals surface area contributed by atoms with Crippen molar-refractivity contribution in [1.29, 1.82) is 0 Å². The fourth-order valence-electron chi connectivity index (χ4n) is 2.12. The molecule has 0 fully saturated rings. The van der Waals surface area contributed by atoms with Crippen molar-refractivity contribution in [2.75, 3.05) is 0 Å². The maximum absolute atomic E-state index is 12.9. The van der Waals surface area contributed by atoms with E-state index in [0.717, 1.165) is 5.56 Å². The third-order valence-electron chi connectivity index (χ3n) is 3.33. The van der Waals surface area contributed by atoms with Gasteiger partial charge in [-0.3, -0.25) is 4.79 Å². The Bertz CT molecular complexity index is 417. The summed E-state index contributed by atoms with van der Waals surface area (Å²) in [5.41, 5.74) is 0.386. The van der Waals surface area contributed by atoms with E-state index >= 15 is 0 Å². The average molecular weight is 266 g/mol. The first kappa shape index (κ1) is 15.8. The van der Waals surface area contributed by atoms with Crippen molar-refractivity contribution in [3.8, 4) is 0 Å². The molecule has 0 heterocycles. The fourth-order valence-corrected chi connectivity index (χ4v) is 2.12. The Morgan fingerprint density at radius 2 is 1.79 bits per heavy atom. The first-order chi connectivity index (χ1) is 8.75. The SMILES string of the molecule is CC[C@@H](O)[C@H](Cc1ccc(F)cc1)C(=O)C(C)(C)C. The molecule has 0 amide bonds. The molecule has 0 radical (unpaired) electrons. The van der Waals surface area contributed by atoms with Crippen LogP contribution in [0.1, 0.15) is 39.7 Å². The van der Waals surface area contributed by atoms with E-state index in [1.165, 1.54) is 12.1 Å². The molecule has 19 heavy (non-hydrogen) atoms. The molecule has 0 aliphatic carbocycles. The standard InChI is InChI=1S/C16H23FO2/c1-5-14(18)13(15(19)16(2,3)4)10-11-6-8-12(17)9-7-11/h6-9,13-14,18H,5,10H2,1-4H3/t13-,14+/m0/s1. The summed E-state index contributed by atoms with van der Waals surface area (Å²) in [4.78, 5) is 12.4. The maximum atomic E-state index is 12.9. The summed E-state index contributed by atoms with van der Waals surface area (Å²) < 4.78 is 12.9. The van der Waals surface area contributed by atoms with Crippen molar-refractivity contribution < 1.29 is 14.3 Å². The highest BCUT2D eigenvalue weighted by molar-refractivity contribution is 5.86. The molecule has 0 bridgehead atoms. The molecule has 1 rings (SSSR count). The lowest BCUT2D eigenvalue weighted by Gasteiger charge is -2.28. The summed E-state index contributed by atoms with van der Waals surface area (Å²) in [6, 6.07) is 6.10. The van der Waals surface area contributed by atoms with E-state index in [-0.39, 0.29) is 11.6 Å². The Morgan fingerprint density at radius 3 is 2.21 bits per heavy atom. The second kappa shape index (κ2) is 6.29. The molecule has 2 atom stereocenters. The molecule has 0 unspecified atom stereocenters. The van der Waals surface area contributed by atoms with Crippen molar-refractivity contribution in [3.63, 3.8) is 0 Å².